The van der Waals surface area contributed by atoms with Crippen LogP contribution in [0.1, 0.15) is 25.7 Å². The third-order valence-corrected chi connectivity index (χ3v) is 1.94. The second-order valence-corrected chi connectivity index (χ2v) is 3.30. The molecular weight excluding hydrogens is 168 g/mol. The van der Waals surface area contributed by atoms with Crippen LogP contribution in [0.3, 0.4) is 0 Å². The maximum absolute atomic E-state index is 10.4. The Bertz CT molecular complexity index is 140. The number of hydrogen-bond donors (Lipinski definition) is 2. The van der Waals surface area contributed by atoms with E-state index in [1.165, 1.54) is 0 Å². The lowest BCUT2D eigenvalue weighted by molar-refractivity contribution is -0.118. The van der Waals surface area contributed by atoms with Crippen molar-refractivity contribution in [3.05, 3.63) is 0 Å². The van der Waals surface area contributed by atoms with Crippen molar-refractivity contribution >= 4 is 5.91 Å². The Kier molecular flexibility index (Phi) is 7.63. The third-order valence-electron chi connectivity index (χ3n) is 1.94. The van der Waals surface area contributed by atoms with Gasteiger partial charge in [-0.3, -0.25) is 4.79 Å². The van der Waals surface area contributed by atoms with E-state index in [2.05, 4.69) is 4.90 Å². The van der Waals surface area contributed by atoms with E-state index in [9.17, 15) is 4.79 Å². The normalized spacial score (nSPS) is 10.7. The molecule has 0 rings (SSSR count). The number of aliphatic hydroxyl groups excluding tert-OH is 1. The van der Waals surface area contributed by atoms with Crippen molar-refractivity contribution in [2.75, 3.05) is 26.7 Å². The van der Waals surface area contributed by atoms with Gasteiger partial charge in [0.2, 0.25) is 5.91 Å². The molecule has 0 atom stereocenters. The quantitative estimate of drug-likeness (QED) is 0.525. The molecule has 0 fully saturated rings. The van der Waals surface area contributed by atoms with Gasteiger partial charge in [-0.1, -0.05) is 0 Å². The van der Waals surface area contributed by atoms with E-state index in [1.807, 2.05) is 7.05 Å². The number of carbonyl (C=O) groups excluding carboxylic acids is 1. The number of primary amides is 1. The van der Waals surface area contributed by atoms with Crippen LogP contribution in [0.5, 0.6) is 0 Å². The van der Waals surface area contributed by atoms with Gasteiger partial charge in [-0.25, -0.2) is 0 Å². The molecule has 3 N–H and O–H groups in total. The van der Waals surface area contributed by atoms with E-state index in [-0.39, 0.29) is 12.5 Å². The van der Waals surface area contributed by atoms with Crippen LogP contribution in [0.2, 0.25) is 0 Å². The van der Waals surface area contributed by atoms with Crippen LogP contribution in [0, 0.1) is 0 Å². The Hall–Kier alpha value is -0.610. The molecule has 78 valence electrons. The van der Waals surface area contributed by atoms with E-state index in [0.717, 1.165) is 32.4 Å². The maximum Gasteiger partial charge on any atom is 0.218 e. The van der Waals surface area contributed by atoms with E-state index >= 15 is 0 Å². The predicted octanol–water partition coefficient (Wildman–Crippen LogP) is -0.0438. The zero-order valence-corrected chi connectivity index (χ0v) is 8.33. The second kappa shape index (κ2) is 8.01. The molecule has 0 aliphatic heterocycles. The molecule has 0 saturated carbocycles. The molecule has 0 unspecified atom stereocenters. The van der Waals surface area contributed by atoms with E-state index in [0.29, 0.717) is 6.42 Å². The van der Waals surface area contributed by atoms with Gasteiger partial charge in [0.25, 0.3) is 0 Å². The fourth-order valence-corrected chi connectivity index (χ4v) is 1.08. The average Bonchev–Trinajstić information content (AvgIpc) is 2.09. The van der Waals surface area contributed by atoms with Crippen molar-refractivity contribution in [1.82, 2.24) is 4.90 Å². The third kappa shape index (κ3) is 9.30. The predicted molar refractivity (Wildman–Crippen MR) is 52.2 cm³/mol. The molecule has 1 amide bonds. The zero-order chi connectivity index (χ0) is 10.1. The molecule has 4 nitrogen and oxygen atoms in total. The van der Waals surface area contributed by atoms with E-state index in [1.54, 1.807) is 0 Å². The number of nitrogens with two attached hydrogens (primary N) is 1. The van der Waals surface area contributed by atoms with Crippen molar-refractivity contribution in [3.63, 3.8) is 0 Å². The highest BCUT2D eigenvalue weighted by Crippen LogP contribution is 1.97. The molecule has 0 bridgehead atoms. The molecule has 13 heavy (non-hydrogen) atoms. The number of amides is 1. The highest BCUT2D eigenvalue weighted by Gasteiger charge is 2.00. The number of hydrogen-bond acceptors (Lipinski definition) is 3. The highest BCUT2D eigenvalue weighted by atomic mass is 16.2. The summed E-state index contributed by atoms with van der Waals surface area (Å²) in [6, 6.07) is 0. The number of rotatable bonds is 8. The van der Waals surface area contributed by atoms with Crippen LogP contribution < -0.4 is 5.73 Å². The van der Waals surface area contributed by atoms with Crippen molar-refractivity contribution in [1.29, 1.82) is 0 Å². The average molecular weight is 188 g/mol. The molecule has 0 saturated heterocycles. The number of unbranched alkanes of at least 4 members (excludes halogenated alkanes) is 2. The summed E-state index contributed by atoms with van der Waals surface area (Å²) in [6.45, 7) is 1.97. The summed E-state index contributed by atoms with van der Waals surface area (Å²) in [5.74, 6) is -0.248. The lowest BCUT2D eigenvalue weighted by atomic mass is 10.2. The summed E-state index contributed by atoms with van der Waals surface area (Å²) in [4.78, 5) is 12.5. The summed E-state index contributed by atoms with van der Waals surface area (Å²) >= 11 is 0. The molecule has 0 radical (unpaired) electrons. The summed E-state index contributed by atoms with van der Waals surface area (Å²) in [5, 5.41) is 8.53. The highest BCUT2D eigenvalue weighted by molar-refractivity contribution is 5.73. The standard InChI is InChI=1S/C9H20N2O2/c1-11(7-5-9(10)13)6-3-2-4-8-12/h12H,2-8H2,1H3,(H2,10,13). The summed E-state index contributed by atoms with van der Waals surface area (Å²) in [5.41, 5.74) is 5.02. The Morgan fingerprint density at radius 3 is 2.54 bits per heavy atom. The van der Waals surface area contributed by atoms with Gasteiger partial charge >= 0.3 is 0 Å². The van der Waals surface area contributed by atoms with Gasteiger partial charge < -0.3 is 15.7 Å². The molecule has 0 aliphatic rings. The lowest BCUT2D eigenvalue weighted by Crippen LogP contribution is -2.25. The summed E-state index contributed by atoms with van der Waals surface area (Å²) < 4.78 is 0. The van der Waals surface area contributed by atoms with Gasteiger partial charge in [-0.2, -0.15) is 0 Å². The fraction of sp³-hybridized carbons (Fsp3) is 0.889. The van der Waals surface area contributed by atoms with E-state index in [4.69, 9.17) is 10.8 Å². The Balaban J connectivity index is 3.19. The zero-order valence-electron chi connectivity index (χ0n) is 8.33. The van der Waals surface area contributed by atoms with Crippen LogP contribution in [0.15, 0.2) is 0 Å². The first-order valence-electron chi connectivity index (χ1n) is 4.74. The molecule has 0 heterocycles. The molecule has 0 aliphatic carbocycles. The topological polar surface area (TPSA) is 66.6 Å². The van der Waals surface area contributed by atoms with Crippen LogP contribution in [0.25, 0.3) is 0 Å². The number of aliphatic hydroxyl groups is 1. The van der Waals surface area contributed by atoms with Gasteiger partial charge in [0, 0.05) is 19.6 Å². The molecule has 0 aromatic heterocycles. The summed E-state index contributed by atoms with van der Waals surface area (Å²) in [7, 11) is 1.97. The Labute approximate surface area is 79.7 Å². The summed E-state index contributed by atoms with van der Waals surface area (Å²) in [6.07, 6.45) is 3.40. The molecule has 0 aromatic rings. The lowest BCUT2D eigenvalue weighted by Gasteiger charge is -2.14. The minimum absolute atomic E-state index is 0.248. The van der Waals surface area contributed by atoms with Crippen molar-refractivity contribution in [3.8, 4) is 0 Å². The van der Waals surface area contributed by atoms with Crippen LogP contribution in [-0.4, -0.2) is 42.7 Å². The minimum atomic E-state index is -0.248. The van der Waals surface area contributed by atoms with Crippen LogP contribution >= 0.6 is 0 Å². The smallest absolute Gasteiger partial charge is 0.218 e. The first kappa shape index (κ1) is 12.4. The van der Waals surface area contributed by atoms with Gasteiger partial charge in [-0.05, 0) is 32.9 Å². The Morgan fingerprint density at radius 2 is 2.00 bits per heavy atom. The fourth-order valence-electron chi connectivity index (χ4n) is 1.08. The van der Waals surface area contributed by atoms with Gasteiger partial charge in [-0.15, -0.1) is 0 Å². The largest absolute Gasteiger partial charge is 0.396 e. The van der Waals surface area contributed by atoms with Gasteiger partial charge in [0.15, 0.2) is 0 Å². The second-order valence-electron chi connectivity index (χ2n) is 3.30. The minimum Gasteiger partial charge on any atom is -0.396 e. The van der Waals surface area contributed by atoms with Crippen molar-refractivity contribution < 1.29 is 9.90 Å². The van der Waals surface area contributed by atoms with Crippen molar-refractivity contribution in [2.45, 2.75) is 25.7 Å². The van der Waals surface area contributed by atoms with Crippen LogP contribution in [0.4, 0.5) is 0 Å². The molecule has 0 spiro atoms. The number of nitrogens with zero attached hydrogens (tertiary/aromatic N) is 1. The van der Waals surface area contributed by atoms with Crippen LogP contribution in [-0.2, 0) is 4.79 Å². The number of carbonyl (C=O) groups is 1. The first-order chi connectivity index (χ1) is 6.16. The molecule has 0 aromatic carbocycles. The Morgan fingerprint density at radius 1 is 1.31 bits per heavy atom. The SMILES string of the molecule is CN(CCCCCO)CCC(N)=O. The molecular formula is C9H20N2O2. The van der Waals surface area contributed by atoms with Gasteiger partial charge in [0.1, 0.15) is 0 Å². The van der Waals surface area contributed by atoms with E-state index < -0.39 is 0 Å². The first-order valence-corrected chi connectivity index (χ1v) is 4.74. The van der Waals surface area contributed by atoms with Gasteiger partial charge in [0.05, 0.1) is 0 Å². The van der Waals surface area contributed by atoms with Crippen molar-refractivity contribution in [2.24, 2.45) is 5.73 Å². The monoisotopic (exact) mass is 188 g/mol. The maximum atomic E-state index is 10.4. The molecule has 4 heteroatoms.